The zero-order valence-corrected chi connectivity index (χ0v) is 9.47. The summed E-state index contributed by atoms with van der Waals surface area (Å²) in [5.41, 5.74) is 0.829. The molecular formula is C11H14ClF2NO. The molecule has 1 aromatic carbocycles. The summed E-state index contributed by atoms with van der Waals surface area (Å²) in [6, 6.07) is 7.12. The third-order valence-corrected chi connectivity index (χ3v) is 2.57. The lowest BCUT2D eigenvalue weighted by Crippen LogP contribution is -2.15. The molecule has 1 atom stereocenters. The Morgan fingerprint density at radius 2 is 2.06 bits per heavy atom. The van der Waals surface area contributed by atoms with Crippen LogP contribution in [-0.4, -0.2) is 13.2 Å². The van der Waals surface area contributed by atoms with Crippen molar-refractivity contribution in [2.75, 3.05) is 6.54 Å². The Kier molecular flexibility index (Phi) is 4.96. The molecule has 1 heterocycles. The number of para-hydroxylation sites is 1. The van der Waals surface area contributed by atoms with Crippen molar-refractivity contribution < 1.29 is 13.5 Å². The van der Waals surface area contributed by atoms with Crippen molar-refractivity contribution in [2.24, 2.45) is 0 Å². The van der Waals surface area contributed by atoms with Crippen molar-refractivity contribution in [3.8, 4) is 5.75 Å². The first-order valence-electron chi connectivity index (χ1n) is 5.04. The van der Waals surface area contributed by atoms with Gasteiger partial charge in [0, 0.05) is 11.6 Å². The third-order valence-electron chi connectivity index (χ3n) is 2.57. The number of benzene rings is 1. The van der Waals surface area contributed by atoms with Crippen molar-refractivity contribution in [3.63, 3.8) is 0 Å². The van der Waals surface area contributed by atoms with Gasteiger partial charge in [-0.2, -0.15) is 8.78 Å². The summed E-state index contributed by atoms with van der Waals surface area (Å²) in [5.74, 6) is 0.284. The normalized spacial score (nSPS) is 19.6. The first-order chi connectivity index (χ1) is 7.27. The molecule has 2 nitrogen and oxygen atoms in total. The maximum atomic E-state index is 12.1. The largest absolute Gasteiger partial charge is 0.434 e. The average Bonchev–Trinajstić information content (AvgIpc) is 2.70. The molecule has 2 rings (SSSR count). The molecule has 1 fully saturated rings. The van der Waals surface area contributed by atoms with Crippen LogP contribution >= 0.6 is 12.4 Å². The molecule has 1 saturated heterocycles. The van der Waals surface area contributed by atoms with Gasteiger partial charge in [-0.1, -0.05) is 18.2 Å². The fourth-order valence-corrected chi connectivity index (χ4v) is 1.92. The lowest BCUT2D eigenvalue weighted by molar-refractivity contribution is -0.0506. The molecule has 1 aliphatic heterocycles. The van der Waals surface area contributed by atoms with Gasteiger partial charge in [-0.25, -0.2) is 0 Å². The molecule has 5 heteroatoms. The van der Waals surface area contributed by atoms with Crippen LogP contribution in [0, 0.1) is 0 Å². The summed E-state index contributed by atoms with van der Waals surface area (Å²) in [7, 11) is 0. The van der Waals surface area contributed by atoms with Crippen LogP contribution in [0.25, 0.3) is 0 Å². The topological polar surface area (TPSA) is 21.3 Å². The summed E-state index contributed by atoms with van der Waals surface area (Å²) in [6.07, 6.45) is 2.05. The number of nitrogens with one attached hydrogen (secondary N) is 1. The van der Waals surface area contributed by atoms with E-state index in [4.69, 9.17) is 0 Å². The molecule has 16 heavy (non-hydrogen) atoms. The van der Waals surface area contributed by atoms with Crippen LogP contribution in [0.4, 0.5) is 8.78 Å². The summed E-state index contributed by atoms with van der Waals surface area (Å²) in [5, 5.41) is 3.26. The Hall–Kier alpha value is -0.870. The van der Waals surface area contributed by atoms with Gasteiger partial charge in [0.05, 0.1) is 0 Å². The number of alkyl halides is 2. The van der Waals surface area contributed by atoms with Gasteiger partial charge in [-0.15, -0.1) is 12.4 Å². The second-order valence-electron chi connectivity index (χ2n) is 3.57. The van der Waals surface area contributed by atoms with E-state index in [1.165, 1.54) is 0 Å². The number of hydrogen-bond donors (Lipinski definition) is 1. The summed E-state index contributed by atoms with van der Waals surface area (Å²) >= 11 is 0. The smallest absolute Gasteiger partial charge is 0.387 e. The zero-order valence-electron chi connectivity index (χ0n) is 8.66. The summed E-state index contributed by atoms with van der Waals surface area (Å²) in [4.78, 5) is 0. The van der Waals surface area contributed by atoms with Gasteiger partial charge in [0.25, 0.3) is 0 Å². The van der Waals surface area contributed by atoms with Crippen LogP contribution < -0.4 is 10.1 Å². The van der Waals surface area contributed by atoms with Crippen molar-refractivity contribution in [2.45, 2.75) is 25.5 Å². The number of rotatable bonds is 3. The Morgan fingerprint density at radius 3 is 2.69 bits per heavy atom. The molecule has 90 valence electrons. The first kappa shape index (κ1) is 13.2. The highest BCUT2D eigenvalue weighted by Crippen LogP contribution is 2.31. The van der Waals surface area contributed by atoms with Crippen molar-refractivity contribution in [1.29, 1.82) is 0 Å². The highest BCUT2D eigenvalue weighted by molar-refractivity contribution is 5.85. The molecule has 0 bridgehead atoms. The van der Waals surface area contributed by atoms with Crippen molar-refractivity contribution in [3.05, 3.63) is 29.8 Å². The van der Waals surface area contributed by atoms with Crippen molar-refractivity contribution >= 4 is 12.4 Å². The first-order valence-corrected chi connectivity index (χ1v) is 5.04. The second kappa shape index (κ2) is 6.01. The molecule has 0 unspecified atom stereocenters. The quantitative estimate of drug-likeness (QED) is 0.889. The Morgan fingerprint density at radius 1 is 1.31 bits per heavy atom. The van der Waals surface area contributed by atoms with Crippen LogP contribution in [0.3, 0.4) is 0 Å². The molecule has 0 amide bonds. The van der Waals surface area contributed by atoms with E-state index in [1.807, 2.05) is 12.1 Å². The van der Waals surface area contributed by atoms with Gasteiger partial charge in [-0.3, -0.25) is 0 Å². The summed E-state index contributed by atoms with van der Waals surface area (Å²) in [6.45, 7) is -1.82. The van der Waals surface area contributed by atoms with Gasteiger partial charge in [0.2, 0.25) is 0 Å². The molecule has 0 aliphatic carbocycles. The van der Waals surface area contributed by atoms with Gasteiger partial charge in [-0.05, 0) is 25.5 Å². The molecule has 0 spiro atoms. The maximum absolute atomic E-state index is 12.1. The Balaban J connectivity index is 0.00000128. The van der Waals surface area contributed by atoms with Gasteiger partial charge in [0.15, 0.2) is 0 Å². The monoisotopic (exact) mass is 249 g/mol. The fraction of sp³-hybridized carbons (Fsp3) is 0.455. The van der Waals surface area contributed by atoms with E-state index < -0.39 is 6.61 Å². The highest BCUT2D eigenvalue weighted by atomic mass is 35.5. The van der Waals surface area contributed by atoms with Crippen LogP contribution in [-0.2, 0) is 0 Å². The van der Waals surface area contributed by atoms with E-state index >= 15 is 0 Å². The number of halogens is 3. The molecular weight excluding hydrogens is 236 g/mol. The van der Waals surface area contributed by atoms with Crippen LogP contribution in [0.5, 0.6) is 5.75 Å². The molecule has 1 N–H and O–H groups in total. The minimum absolute atomic E-state index is 0. The standard InChI is InChI=1S/C11H13F2NO.ClH/c12-11(13)15-10-6-2-1-4-8(10)9-5-3-7-14-9;/h1-2,4,6,9,11,14H,3,5,7H2;1H/t9-;/m1./s1. The fourth-order valence-electron chi connectivity index (χ4n) is 1.92. The van der Waals surface area contributed by atoms with E-state index in [1.54, 1.807) is 12.1 Å². The minimum atomic E-state index is -2.76. The molecule has 0 saturated carbocycles. The molecule has 0 aromatic heterocycles. The van der Waals surface area contributed by atoms with E-state index in [2.05, 4.69) is 10.1 Å². The maximum Gasteiger partial charge on any atom is 0.387 e. The Labute approximate surface area is 99.4 Å². The highest BCUT2D eigenvalue weighted by Gasteiger charge is 2.20. The Bertz CT molecular complexity index is 330. The molecule has 0 radical (unpaired) electrons. The molecule has 1 aromatic rings. The van der Waals surface area contributed by atoms with E-state index in [-0.39, 0.29) is 24.2 Å². The second-order valence-corrected chi connectivity index (χ2v) is 3.57. The zero-order chi connectivity index (χ0) is 10.7. The lowest BCUT2D eigenvalue weighted by Gasteiger charge is -2.15. The van der Waals surface area contributed by atoms with Crippen LogP contribution in [0.2, 0.25) is 0 Å². The predicted octanol–water partition coefficient (Wildman–Crippen LogP) is 3.13. The number of hydrogen-bond acceptors (Lipinski definition) is 2. The van der Waals surface area contributed by atoms with Gasteiger partial charge < -0.3 is 10.1 Å². The lowest BCUT2D eigenvalue weighted by atomic mass is 10.0. The van der Waals surface area contributed by atoms with Crippen LogP contribution in [0.15, 0.2) is 24.3 Å². The van der Waals surface area contributed by atoms with E-state index in [9.17, 15) is 8.78 Å². The summed E-state index contributed by atoms with van der Waals surface area (Å²) < 4.78 is 28.8. The molecule has 1 aliphatic rings. The third kappa shape index (κ3) is 3.06. The predicted molar refractivity (Wildman–Crippen MR) is 60.3 cm³/mol. The van der Waals surface area contributed by atoms with Gasteiger partial charge in [0.1, 0.15) is 5.75 Å². The van der Waals surface area contributed by atoms with E-state index in [0.717, 1.165) is 24.9 Å². The minimum Gasteiger partial charge on any atom is -0.434 e. The van der Waals surface area contributed by atoms with E-state index in [0.29, 0.717) is 0 Å². The number of ether oxygens (including phenoxy) is 1. The van der Waals surface area contributed by atoms with Crippen LogP contribution in [0.1, 0.15) is 24.4 Å². The van der Waals surface area contributed by atoms with Crippen molar-refractivity contribution in [1.82, 2.24) is 5.32 Å². The van der Waals surface area contributed by atoms with Gasteiger partial charge >= 0.3 is 6.61 Å². The SMILES string of the molecule is Cl.FC(F)Oc1ccccc1[C@H]1CCCN1. The average molecular weight is 250 g/mol.